The number of amides is 2. The van der Waals surface area contributed by atoms with Crippen LogP contribution in [0.25, 0.3) is 0 Å². The average Bonchev–Trinajstić information content (AvgIpc) is 3.29. The predicted octanol–water partition coefficient (Wildman–Crippen LogP) is 1.99. The van der Waals surface area contributed by atoms with Crippen LogP contribution in [0.5, 0.6) is 0 Å². The first-order chi connectivity index (χ1) is 14.2. The van der Waals surface area contributed by atoms with E-state index in [0.717, 1.165) is 12.8 Å². The van der Waals surface area contributed by atoms with Crippen molar-refractivity contribution in [3.8, 4) is 0 Å². The molecule has 3 aliphatic heterocycles. The third-order valence-electron chi connectivity index (χ3n) is 7.29. The second-order valence-electron chi connectivity index (χ2n) is 9.08. The van der Waals surface area contributed by atoms with E-state index in [1.54, 1.807) is 17.9 Å². The Hall–Kier alpha value is -1.54. The Morgan fingerprint density at radius 2 is 2.10 bits per heavy atom. The second-order valence-corrected chi connectivity index (χ2v) is 10.6. The summed E-state index contributed by atoms with van der Waals surface area (Å²) in [5.74, 6) is -2.90. The maximum absolute atomic E-state index is 14.0. The quantitative estimate of drug-likeness (QED) is 0.534. The van der Waals surface area contributed by atoms with Crippen LogP contribution in [-0.4, -0.2) is 79.1 Å². The van der Waals surface area contributed by atoms with Gasteiger partial charge in [-0.05, 0) is 32.6 Å². The number of fused-ring (bicyclic) bond motifs is 1. The summed E-state index contributed by atoms with van der Waals surface area (Å²) in [7, 11) is 0. The predicted molar refractivity (Wildman–Crippen MR) is 116 cm³/mol. The molecule has 0 aliphatic carbocycles. The largest absolute Gasteiger partial charge is 0.481 e. The van der Waals surface area contributed by atoms with Gasteiger partial charge < -0.3 is 20.0 Å². The van der Waals surface area contributed by atoms with Gasteiger partial charge in [-0.1, -0.05) is 26.3 Å². The van der Waals surface area contributed by atoms with Crippen LogP contribution in [0.3, 0.4) is 0 Å². The average molecular weight is 439 g/mol. The highest BCUT2D eigenvalue weighted by atomic mass is 32.2. The summed E-state index contributed by atoms with van der Waals surface area (Å²) < 4.78 is -0.767. The Morgan fingerprint density at radius 3 is 2.63 bits per heavy atom. The number of carbonyl (C=O) groups excluding carboxylic acids is 2. The van der Waals surface area contributed by atoms with Crippen molar-refractivity contribution in [1.29, 1.82) is 0 Å². The third-order valence-corrected chi connectivity index (χ3v) is 9.37. The summed E-state index contributed by atoms with van der Waals surface area (Å²) in [6.07, 6.45) is 4.13. The first-order valence-corrected chi connectivity index (χ1v) is 11.8. The molecule has 0 saturated carbocycles. The van der Waals surface area contributed by atoms with E-state index in [-0.39, 0.29) is 35.6 Å². The molecule has 3 rings (SSSR count). The maximum Gasteiger partial charge on any atom is 0.308 e. The summed E-state index contributed by atoms with van der Waals surface area (Å²) >= 11 is 1.53. The van der Waals surface area contributed by atoms with Crippen LogP contribution in [0.2, 0.25) is 0 Å². The van der Waals surface area contributed by atoms with E-state index in [9.17, 15) is 24.6 Å². The molecule has 0 aromatic heterocycles. The van der Waals surface area contributed by atoms with E-state index in [1.807, 2.05) is 13.8 Å². The van der Waals surface area contributed by atoms with E-state index < -0.39 is 34.6 Å². The summed E-state index contributed by atoms with van der Waals surface area (Å²) in [6.45, 7) is 11.7. The van der Waals surface area contributed by atoms with Crippen molar-refractivity contribution in [3.05, 3.63) is 12.7 Å². The zero-order valence-electron chi connectivity index (χ0n) is 18.3. The minimum atomic E-state index is -0.966. The molecule has 4 unspecified atom stereocenters. The molecule has 2 amide bonds. The Morgan fingerprint density at radius 1 is 1.43 bits per heavy atom. The number of rotatable bonds is 9. The van der Waals surface area contributed by atoms with Crippen LogP contribution in [-0.2, 0) is 14.4 Å². The zero-order chi connectivity index (χ0) is 22.4. The molecule has 3 aliphatic rings. The first-order valence-electron chi connectivity index (χ1n) is 10.9. The molecule has 3 fully saturated rings. The van der Waals surface area contributed by atoms with Gasteiger partial charge in [-0.2, -0.15) is 0 Å². The van der Waals surface area contributed by atoms with E-state index in [2.05, 4.69) is 13.5 Å². The van der Waals surface area contributed by atoms with Gasteiger partial charge in [0, 0.05) is 17.8 Å². The van der Waals surface area contributed by atoms with Gasteiger partial charge in [0.25, 0.3) is 0 Å². The molecule has 8 atom stereocenters. The third kappa shape index (κ3) is 3.18. The van der Waals surface area contributed by atoms with Crippen LogP contribution >= 0.6 is 11.8 Å². The maximum atomic E-state index is 14.0. The minimum Gasteiger partial charge on any atom is -0.481 e. The number of thioether (sulfide) groups is 1. The molecule has 3 saturated heterocycles. The van der Waals surface area contributed by atoms with Crippen molar-refractivity contribution in [2.24, 2.45) is 17.8 Å². The topological polar surface area (TPSA) is 98.2 Å². The van der Waals surface area contributed by atoms with Crippen molar-refractivity contribution in [3.63, 3.8) is 0 Å². The number of aliphatic carboxylic acids is 1. The monoisotopic (exact) mass is 438 g/mol. The number of aliphatic hydroxyl groups excluding tert-OH is 1. The lowest BCUT2D eigenvalue weighted by Crippen LogP contribution is -2.60. The number of hydrogen-bond acceptors (Lipinski definition) is 5. The number of nitrogens with zero attached hydrogens (tertiary/aromatic N) is 2. The minimum absolute atomic E-state index is 0.0217. The highest BCUT2D eigenvalue weighted by Crippen LogP contribution is 2.68. The normalized spacial score (nSPS) is 36.5. The number of hydrogen-bond donors (Lipinski definition) is 2. The summed E-state index contributed by atoms with van der Waals surface area (Å²) in [5, 5.41) is 19.6. The van der Waals surface area contributed by atoms with Crippen LogP contribution in [0.15, 0.2) is 12.7 Å². The van der Waals surface area contributed by atoms with Crippen LogP contribution < -0.4 is 0 Å². The lowest BCUT2D eigenvalue weighted by atomic mass is 9.66. The van der Waals surface area contributed by atoms with Crippen LogP contribution in [0, 0.1) is 17.8 Å². The molecule has 2 N–H and O–H groups in total. The molecule has 0 aromatic carbocycles. The summed E-state index contributed by atoms with van der Waals surface area (Å²) in [6, 6.07) is -1.35. The number of carboxylic acids is 1. The number of carboxylic acid groups (broad SMARTS) is 1. The van der Waals surface area contributed by atoms with Crippen molar-refractivity contribution in [1.82, 2.24) is 9.80 Å². The molecule has 7 nitrogen and oxygen atoms in total. The fourth-order valence-corrected chi connectivity index (χ4v) is 8.34. The lowest BCUT2D eigenvalue weighted by molar-refractivity contribution is -0.150. The molecule has 2 bridgehead atoms. The molecule has 0 radical (unpaired) electrons. The van der Waals surface area contributed by atoms with E-state index in [1.165, 1.54) is 16.7 Å². The van der Waals surface area contributed by atoms with Gasteiger partial charge >= 0.3 is 5.97 Å². The molecule has 1 spiro atoms. The Kier molecular flexibility index (Phi) is 6.58. The Labute approximate surface area is 182 Å². The van der Waals surface area contributed by atoms with Crippen molar-refractivity contribution in [2.75, 3.05) is 13.2 Å². The standard InChI is InChI=1S/C22H34N2O5S/c1-6-8-13(4)23(9-7-2)20(27)18-22-12(3)10-15(30-22)16(21(28)29)17(22)19(26)24(18)14(5)11-25/h7,12-18,25H,2,6,8-11H2,1,3-5H3,(H,28,29)/t12?,13?,14-,15-,16+,17+,18?,22?/m1/s1. The molecule has 8 heteroatoms. The number of aliphatic hydroxyl groups is 1. The van der Waals surface area contributed by atoms with Gasteiger partial charge in [0.2, 0.25) is 11.8 Å². The summed E-state index contributed by atoms with van der Waals surface area (Å²) in [4.78, 5) is 43.0. The molecule has 168 valence electrons. The number of carbonyl (C=O) groups is 3. The SMILES string of the molecule is C=CCN(C(=O)C1N([C@H](C)CO)C(=O)[C@@H]2[C@@H](C(=O)O)[C@H]3CC(C)C12S3)C(C)CCC. The zero-order valence-corrected chi connectivity index (χ0v) is 19.1. The molecule has 0 aromatic rings. The highest BCUT2D eigenvalue weighted by Gasteiger charge is 2.76. The van der Waals surface area contributed by atoms with Crippen molar-refractivity contribution >= 4 is 29.5 Å². The summed E-state index contributed by atoms with van der Waals surface area (Å²) in [5.41, 5.74) is 0. The molecule has 3 heterocycles. The first kappa shape index (κ1) is 23.1. The van der Waals surface area contributed by atoms with Gasteiger partial charge in [-0.25, -0.2) is 0 Å². The smallest absolute Gasteiger partial charge is 0.308 e. The van der Waals surface area contributed by atoms with Crippen LogP contribution in [0.4, 0.5) is 0 Å². The van der Waals surface area contributed by atoms with E-state index in [4.69, 9.17) is 0 Å². The molecular weight excluding hydrogens is 404 g/mol. The van der Waals surface area contributed by atoms with Gasteiger partial charge in [0.05, 0.1) is 29.2 Å². The van der Waals surface area contributed by atoms with Gasteiger partial charge in [0.1, 0.15) is 6.04 Å². The van der Waals surface area contributed by atoms with Crippen LogP contribution in [0.1, 0.15) is 47.0 Å². The Balaban J connectivity index is 2.11. The molecular formula is C22H34N2O5S. The fourth-order valence-electron chi connectivity index (χ4n) is 5.94. The van der Waals surface area contributed by atoms with Crippen molar-refractivity contribution < 1.29 is 24.6 Å². The fraction of sp³-hybridized carbons (Fsp3) is 0.773. The Bertz CT molecular complexity index is 730. The second kappa shape index (κ2) is 8.54. The lowest BCUT2D eigenvalue weighted by Gasteiger charge is -2.42. The number of likely N-dealkylation sites (tertiary alicyclic amines) is 1. The van der Waals surface area contributed by atoms with Gasteiger partial charge in [-0.3, -0.25) is 14.4 Å². The van der Waals surface area contributed by atoms with E-state index in [0.29, 0.717) is 13.0 Å². The van der Waals surface area contributed by atoms with Crippen molar-refractivity contribution in [2.45, 2.75) is 75.1 Å². The van der Waals surface area contributed by atoms with Gasteiger partial charge in [0.15, 0.2) is 0 Å². The van der Waals surface area contributed by atoms with Gasteiger partial charge in [-0.15, -0.1) is 18.3 Å². The molecule has 30 heavy (non-hydrogen) atoms. The highest BCUT2D eigenvalue weighted by molar-refractivity contribution is 8.02. The van der Waals surface area contributed by atoms with E-state index >= 15 is 0 Å².